The summed E-state index contributed by atoms with van der Waals surface area (Å²) in [7, 11) is 0. The molecule has 35 nitrogen and oxygen atoms in total. The molecule has 0 heterocycles. The van der Waals surface area contributed by atoms with E-state index in [2.05, 4.69) is 0 Å². The van der Waals surface area contributed by atoms with Crippen LogP contribution in [0.1, 0.15) is 25.7 Å². The predicted octanol–water partition coefficient (Wildman–Crippen LogP) is -10.2. The van der Waals surface area contributed by atoms with E-state index in [0.717, 1.165) is 0 Å². The first-order chi connectivity index (χ1) is 20.2. The average Bonchev–Trinajstić information content (AvgIpc) is 2.69. The van der Waals surface area contributed by atoms with Gasteiger partial charge in [0.25, 0.3) is 0 Å². The first-order valence-electron chi connectivity index (χ1n) is 9.60. The Morgan fingerprint density at radius 1 is 0.259 bits per heavy atom. The molecule has 0 rings (SSSR count). The standard InChI is InChI=1S/2C6H8O7.5CH2O3.6Na.6H2O.6H/c2*7-3(8)1-6(13,5(11)12)2-4(9)10;5*2-1(3)4;;;;;;;;;;;;;;;;;;/h2*13H,1-2H2,(H,7,8)(H,9,10)(H,11,12);5*(H2,2,3,4);;;;;;;6*1H2;;;;;;. The van der Waals surface area contributed by atoms with Crippen LogP contribution in [0.15, 0.2) is 0 Å². The summed E-state index contributed by atoms with van der Waals surface area (Å²) in [4.78, 5) is 104. The fourth-order valence-corrected chi connectivity index (χ4v) is 1.43. The van der Waals surface area contributed by atoms with Crippen LogP contribution in [0.3, 0.4) is 0 Å². The van der Waals surface area contributed by atoms with Gasteiger partial charge in [0.1, 0.15) is 0 Å². The van der Waals surface area contributed by atoms with Crippen LogP contribution in [0.4, 0.5) is 24.0 Å². The van der Waals surface area contributed by atoms with Gasteiger partial charge in [-0.25, -0.2) is 33.6 Å². The predicted molar refractivity (Wildman–Crippen MR) is 192 cm³/mol. The monoisotopic (exact) mass is 946 g/mol. The van der Waals surface area contributed by atoms with Crippen LogP contribution in [0.2, 0.25) is 0 Å². The summed E-state index contributed by atoms with van der Waals surface area (Å²) in [6, 6.07) is 0. The van der Waals surface area contributed by atoms with E-state index in [1.165, 1.54) is 0 Å². The normalized spacial score (nSPS) is 6.93. The Hall–Kier alpha value is -1.15. The third kappa shape index (κ3) is 167. The van der Waals surface area contributed by atoms with Crippen molar-refractivity contribution < 1.29 is 178 Å². The maximum atomic E-state index is 10.3. The summed E-state index contributed by atoms with van der Waals surface area (Å²) in [6.07, 6.45) is -13.7. The Labute approximate surface area is 452 Å². The molecule has 0 aliphatic heterocycles. The van der Waals surface area contributed by atoms with Crippen molar-refractivity contribution in [2.45, 2.75) is 36.9 Å². The van der Waals surface area contributed by atoms with Crippen molar-refractivity contribution in [2.24, 2.45) is 0 Å². The zero-order valence-corrected chi connectivity index (χ0v) is 24.9. The number of hydrogen-bond donors (Lipinski definition) is 18. The van der Waals surface area contributed by atoms with Gasteiger partial charge in [0.05, 0.1) is 25.7 Å². The first-order valence-corrected chi connectivity index (χ1v) is 9.60. The van der Waals surface area contributed by atoms with E-state index < -0.39 is 103 Å². The molecule has 0 spiro atoms. The molecule has 0 aromatic heterocycles. The molecule has 0 aromatic rings. The molecule has 0 aliphatic carbocycles. The molecule has 0 bridgehead atoms. The van der Waals surface area contributed by atoms with Crippen molar-refractivity contribution >= 4 is 244 Å². The number of carbonyl (C=O) groups is 11. The molecule has 0 aromatic carbocycles. The van der Waals surface area contributed by atoms with Crippen molar-refractivity contribution in [3.63, 3.8) is 0 Å². The van der Waals surface area contributed by atoms with Crippen molar-refractivity contribution in [2.75, 3.05) is 0 Å². The van der Waals surface area contributed by atoms with Gasteiger partial charge in [0, 0.05) is 0 Å². The first kappa shape index (κ1) is 124. The van der Waals surface area contributed by atoms with Crippen LogP contribution in [-0.4, -0.2) is 380 Å². The minimum atomic E-state index is -2.74. The Kier molecular flexibility index (Phi) is 157. The topological polar surface area (TPSA) is 741 Å². The molecule has 0 saturated carbocycles. The summed E-state index contributed by atoms with van der Waals surface area (Å²) in [5.74, 6) is -10.0. The van der Waals surface area contributed by atoms with Gasteiger partial charge in [0.15, 0.2) is 11.2 Å². The number of aliphatic carboxylic acids is 6. The van der Waals surface area contributed by atoms with Crippen LogP contribution in [0.25, 0.3) is 0 Å². The van der Waals surface area contributed by atoms with Gasteiger partial charge >= 0.3 is 244 Å². The minimum absolute atomic E-state index is 0. The Morgan fingerprint density at radius 3 is 0.362 bits per heavy atom. The van der Waals surface area contributed by atoms with Crippen molar-refractivity contribution in [3.8, 4) is 0 Å². The van der Waals surface area contributed by atoms with E-state index in [9.17, 15) is 28.8 Å². The second kappa shape index (κ2) is 73.4. The van der Waals surface area contributed by atoms with Crippen molar-refractivity contribution in [1.82, 2.24) is 0 Å². The molecular formula is C17H44Na6O35. The fourth-order valence-electron chi connectivity index (χ4n) is 1.43. The van der Waals surface area contributed by atoms with Gasteiger partial charge in [-0.05, 0) is 0 Å². The van der Waals surface area contributed by atoms with Crippen molar-refractivity contribution in [3.05, 3.63) is 0 Å². The molecule has 30 N–H and O–H groups in total. The quantitative estimate of drug-likeness (QED) is 0.0904. The number of aliphatic hydroxyl groups is 2. The third-order valence-electron chi connectivity index (χ3n) is 2.57. The molecule has 0 amide bonds. The van der Waals surface area contributed by atoms with E-state index >= 15 is 0 Å². The third-order valence-corrected chi connectivity index (χ3v) is 2.57. The average molecular weight is 946 g/mol. The molecule has 0 atom stereocenters. The zero-order chi connectivity index (χ0) is 39.2. The van der Waals surface area contributed by atoms with E-state index in [4.69, 9.17) is 116 Å². The second-order valence-corrected chi connectivity index (χ2v) is 6.37. The van der Waals surface area contributed by atoms with E-state index in [0.29, 0.717) is 0 Å². The van der Waals surface area contributed by atoms with Crippen LogP contribution >= 0.6 is 0 Å². The second-order valence-electron chi connectivity index (χ2n) is 6.37. The van der Waals surface area contributed by atoms with Crippen LogP contribution < -0.4 is 0 Å². The molecule has 0 radical (unpaired) electrons. The molecule has 0 aliphatic rings. The molecule has 328 valence electrons. The van der Waals surface area contributed by atoms with Gasteiger partial charge in [-0.15, -0.1) is 0 Å². The van der Waals surface area contributed by atoms with Gasteiger partial charge in [-0.2, -0.15) is 0 Å². The number of carboxylic acid groups (broad SMARTS) is 16. The van der Waals surface area contributed by atoms with Crippen LogP contribution in [-0.2, 0) is 28.8 Å². The van der Waals surface area contributed by atoms with Crippen molar-refractivity contribution in [1.29, 1.82) is 0 Å². The van der Waals surface area contributed by atoms with Crippen LogP contribution in [0, 0.1) is 0 Å². The zero-order valence-electron chi connectivity index (χ0n) is 24.9. The van der Waals surface area contributed by atoms with E-state index in [-0.39, 0.29) is 210 Å². The van der Waals surface area contributed by atoms with Gasteiger partial charge < -0.3 is 125 Å². The molecule has 0 unspecified atom stereocenters. The summed E-state index contributed by atoms with van der Waals surface area (Å²) >= 11 is 0. The van der Waals surface area contributed by atoms with E-state index in [1.807, 2.05) is 0 Å². The maximum absolute atomic E-state index is 10.3. The molecular weight excluding hydrogens is 902 g/mol. The van der Waals surface area contributed by atoms with Gasteiger partial charge in [-0.3, -0.25) is 19.2 Å². The molecule has 0 saturated heterocycles. The number of rotatable bonds is 10. The summed E-state index contributed by atoms with van der Waals surface area (Å²) in [5, 5.41) is 137. The van der Waals surface area contributed by atoms with Gasteiger partial charge in [-0.1, -0.05) is 0 Å². The Morgan fingerprint density at radius 2 is 0.328 bits per heavy atom. The number of carboxylic acids is 6. The summed E-state index contributed by atoms with van der Waals surface area (Å²) in [5.41, 5.74) is -5.48. The number of hydrogen-bond acceptors (Lipinski definition) is 13. The molecule has 0 fully saturated rings. The molecule has 41 heteroatoms. The summed E-state index contributed by atoms with van der Waals surface area (Å²) in [6.45, 7) is 0. The Balaban J connectivity index is -0.0000000186. The Bertz CT molecular complexity index is 896. The van der Waals surface area contributed by atoms with E-state index in [1.54, 1.807) is 0 Å². The summed E-state index contributed by atoms with van der Waals surface area (Å²) < 4.78 is 0. The fraction of sp³-hybridized carbons (Fsp3) is 0.353. The van der Waals surface area contributed by atoms with Crippen LogP contribution in [0.5, 0.6) is 0 Å². The molecule has 58 heavy (non-hydrogen) atoms. The van der Waals surface area contributed by atoms with Gasteiger partial charge in [0.2, 0.25) is 0 Å². The SMILES string of the molecule is O.O.O.O.O.O.O=C(O)CC(O)(CC(=O)O)C(=O)O.O=C(O)CC(O)(CC(=O)O)C(=O)O.O=C(O)O.O=C(O)O.O=C(O)O.O=C(O)O.O=C(O)O.[NaH].[NaH].[NaH].[NaH].[NaH].[NaH].